The van der Waals surface area contributed by atoms with Crippen LogP contribution in [0.2, 0.25) is 0 Å². The summed E-state index contributed by atoms with van der Waals surface area (Å²) in [6.07, 6.45) is 1.27. The van der Waals surface area contributed by atoms with Crippen molar-refractivity contribution in [2.24, 2.45) is 0 Å². The minimum absolute atomic E-state index is 0.00462. The molecule has 36 heavy (non-hydrogen) atoms. The van der Waals surface area contributed by atoms with Crippen molar-refractivity contribution in [1.29, 1.82) is 10.5 Å². The first kappa shape index (κ1) is 24.1. The average Bonchev–Trinajstić information content (AvgIpc) is 3.37. The highest BCUT2D eigenvalue weighted by molar-refractivity contribution is 5.82. The average molecular weight is 489 g/mol. The van der Waals surface area contributed by atoms with Gasteiger partial charge in [0.05, 0.1) is 6.61 Å². The Morgan fingerprint density at radius 3 is 2.33 bits per heavy atom. The van der Waals surface area contributed by atoms with E-state index >= 15 is 0 Å². The molecule has 0 saturated heterocycles. The van der Waals surface area contributed by atoms with Gasteiger partial charge in [0.15, 0.2) is 11.6 Å². The van der Waals surface area contributed by atoms with Gasteiger partial charge < -0.3 is 24.7 Å². The van der Waals surface area contributed by atoms with Crippen LogP contribution in [0.4, 0.5) is 14.6 Å². The third-order valence-corrected chi connectivity index (χ3v) is 4.99. The van der Waals surface area contributed by atoms with E-state index in [0.29, 0.717) is 11.3 Å². The van der Waals surface area contributed by atoms with Crippen molar-refractivity contribution < 1.29 is 27.8 Å². The summed E-state index contributed by atoms with van der Waals surface area (Å²) in [6.45, 7) is -0.214. The first-order valence-corrected chi connectivity index (χ1v) is 10.5. The van der Waals surface area contributed by atoms with Crippen molar-refractivity contribution in [2.75, 3.05) is 18.9 Å². The summed E-state index contributed by atoms with van der Waals surface area (Å²) >= 11 is 0. The van der Waals surface area contributed by atoms with Crippen LogP contribution in [0.3, 0.4) is 0 Å². The van der Waals surface area contributed by atoms with Crippen LogP contribution in [0.5, 0.6) is 11.6 Å². The number of benzene rings is 2. The number of aliphatic hydroxyl groups excluding tert-OH is 1. The van der Waals surface area contributed by atoms with Gasteiger partial charge in [0, 0.05) is 11.1 Å². The van der Waals surface area contributed by atoms with Gasteiger partial charge in [0.2, 0.25) is 11.8 Å². The van der Waals surface area contributed by atoms with Gasteiger partial charge in [-0.15, -0.1) is 0 Å². The predicted octanol–water partition coefficient (Wildman–Crippen LogP) is 3.96. The lowest BCUT2D eigenvalue weighted by molar-refractivity contribution is 0.201. The van der Waals surface area contributed by atoms with Crippen LogP contribution >= 0.6 is 0 Å². The normalized spacial score (nSPS) is 10.5. The van der Waals surface area contributed by atoms with Gasteiger partial charge in [-0.3, -0.25) is 0 Å². The van der Waals surface area contributed by atoms with E-state index in [1.165, 1.54) is 12.3 Å². The maximum absolute atomic E-state index is 13.5. The third kappa shape index (κ3) is 4.92. The number of nitriles is 2. The molecule has 2 aromatic carbocycles. The highest BCUT2D eigenvalue weighted by Crippen LogP contribution is 2.36. The first-order valence-electron chi connectivity index (χ1n) is 10.5. The topological polar surface area (TPSA) is 151 Å². The van der Waals surface area contributed by atoms with Crippen LogP contribution in [-0.2, 0) is 6.61 Å². The predicted molar refractivity (Wildman–Crippen MR) is 122 cm³/mol. The Bertz CT molecular complexity index is 1490. The number of nitrogens with zero attached hydrogens (tertiary/aromatic N) is 4. The summed E-state index contributed by atoms with van der Waals surface area (Å²) in [4.78, 5) is 8.25. The Hall–Kier alpha value is -5.00. The molecule has 0 bridgehead atoms. The monoisotopic (exact) mass is 489 g/mol. The van der Waals surface area contributed by atoms with E-state index in [2.05, 4.69) is 9.97 Å². The van der Waals surface area contributed by atoms with Crippen molar-refractivity contribution in [3.8, 4) is 46.3 Å². The number of pyridine rings is 1. The van der Waals surface area contributed by atoms with Gasteiger partial charge in [-0.25, -0.2) is 13.8 Å². The van der Waals surface area contributed by atoms with Crippen molar-refractivity contribution in [3.05, 3.63) is 77.2 Å². The van der Waals surface area contributed by atoms with Crippen LogP contribution in [0.25, 0.3) is 22.6 Å². The highest BCUT2D eigenvalue weighted by atomic mass is 19.2. The number of hydrogen-bond donors (Lipinski definition) is 2. The van der Waals surface area contributed by atoms with E-state index < -0.39 is 11.6 Å². The molecule has 0 spiro atoms. The SMILES string of the molecule is N#Cc1c(N)nc(OCc2coc(-c3ccc(F)c(F)c3)n2)c(C#N)c1-c1ccc(OCCO)cc1. The van der Waals surface area contributed by atoms with E-state index in [9.17, 15) is 19.3 Å². The number of nitrogen functional groups attached to an aromatic ring is 1. The maximum Gasteiger partial charge on any atom is 0.234 e. The van der Waals surface area contributed by atoms with Gasteiger partial charge in [0.25, 0.3) is 0 Å². The minimum Gasteiger partial charge on any atom is -0.491 e. The van der Waals surface area contributed by atoms with Gasteiger partial charge in [-0.2, -0.15) is 15.5 Å². The second-order valence-electron chi connectivity index (χ2n) is 7.31. The van der Waals surface area contributed by atoms with Gasteiger partial charge >= 0.3 is 0 Å². The van der Waals surface area contributed by atoms with E-state index in [4.69, 9.17) is 24.7 Å². The molecule has 4 aromatic rings. The van der Waals surface area contributed by atoms with Crippen molar-refractivity contribution in [1.82, 2.24) is 9.97 Å². The summed E-state index contributed by atoms with van der Waals surface area (Å²) in [6, 6.07) is 13.7. The number of nitrogens with two attached hydrogens (primary N) is 1. The lowest BCUT2D eigenvalue weighted by atomic mass is 9.96. The summed E-state index contributed by atoms with van der Waals surface area (Å²) in [5, 5.41) is 28.4. The molecule has 4 rings (SSSR count). The highest BCUT2D eigenvalue weighted by Gasteiger charge is 2.22. The fraction of sp³-hybridized carbons (Fsp3) is 0.120. The summed E-state index contributed by atoms with van der Waals surface area (Å²) in [5.74, 6) is -1.76. The van der Waals surface area contributed by atoms with Crippen molar-refractivity contribution >= 4 is 5.82 Å². The molecule has 0 aliphatic heterocycles. The fourth-order valence-corrected chi connectivity index (χ4v) is 3.35. The molecule has 3 N–H and O–H groups in total. The fourth-order valence-electron chi connectivity index (χ4n) is 3.35. The molecule has 0 amide bonds. The Kier molecular flexibility index (Phi) is 7.04. The molecule has 0 aliphatic rings. The van der Waals surface area contributed by atoms with Gasteiger partial charge in [-0.05, 0) is 35.9 Å². The number of ether oxygens (including phenoxy) is 2. The molecule has 2 aromatic heterocycles. The van der Waals surface area contributed by atoms with Crippen LogP contribution in [0.15, 0.2) is 53.1 Å². The first-order chi connectivity index (χ1) is 17.4. The smallest absolute Gasteiger partial charge is 0.234 e. The van der Waals surface area contributed by atoms with Crippen molar-refractivity contribution in [3.63, 3.8) is 0 Å². The van der Waals surface area contributed by atoms with E-state index in [-0.39, 0.29) is 65.4 Å². The zero-order chi connectivity index (χ0) is 25.7. The molecule has 2 heterocycles. The third-order valence-electron chi connectivity index (χ3n) is 4.99. The quantitative estimate of drug-likeness (QED) is 0.375. The number of rotatable bonds is 8. The summed E-state index contributed by atoms with van der Waals surface area (Å²) in [7, 11) is 0. The number of hydrogen-bond acceptors (Lipinski definition) is 9. The Morgan fingerprint density at radius 2 is 1.67 bits per heavy atom. The van der Waals surface area contributed by atoms with E-state index in [1.807, 2.05) is 12.1 Å². The lowest BCUT2D eigenvalue weighted by Gasteiger charge is -2.14. The maximum atomic E-state index is 13.5. The second-order valence-corrected chi connectivity index (χ2v) is 7.31. The Balaban J connectivity index is 1.63. The molecule has 11 heteroatoms. The van der Waals surface area contributed by atoms with Crippen LogP contribution < -0.4 is 15.2 Å². The zero-order valence-electron chi connectivity index (χ0n) is 18.5. The van der Waals surface area contributed by atoms with Crippen LogP contribution in [-0.4, -0.2) is 28.3 Å². The second kappa shape index (κ2) is 10.5. The molecular weight excluding hydrogens is 472 g/mol. The largest absolute Gasteiger partial charge is 0.491 e. The van der Waals surface area contributed by atoms with E-state index in [1.54, 1.807) is 24.3 Å². The molecule has 9 nitrogen and oxygen atoms in total. The molecular formula is C25H17F2N5O4. The number of anilines is 1. The van der Waals surface area contributed by atoms with Gasteiger partial charge in [0.1, 0.15) is 60.0 Å². The number of halogens is 2. The lowest BCUT2D eigenvalue weighted by Crippen LogP contribution is -2.07. The Morgan fingerprint density at radius 1 is 0.944 bits per heavy atom. The van der Waals surface area contributed by atoms with E-state index in [0.717, 1.165) is 12.1 Å². The molecule has 0 unspecified atom stereocenters. The molecule has 180 valence electrons. The zero-order valence-corrected chi connectivity index (χ0v) is 18.5. The molecule has 0 saturated carbocycles. The molecule has 0 atom stereocenters. The number of aromatic nitrogens is 2. The summed E-state index contributed by atoms with van der Waals surface area (Å²) in [5.41, 5.74) is 7.23. The molecule has 0 radical (unpaired) electrons. The van der Waals surface area contributed by atoms with Crippen molar-refractivity contribution in [2.45, 2.75) is 6.61 Å². The molecule has 0 fully saturated rings. The van der Waals surface area contributed by atoms with Crippen LogP contribution in [0.1, 0.15) is 16.8 Å². The van der Waals surface area contributed by atoms with Crippen LogP contribution in [0, 0.1) is 34.3 Å². The van der Waals surface area contributed by atoms with Gasteiger partial charge in [-0.1, -0.05) is 12.1 Å². The number of aliphatic hydroxyl groups is 1. The summed E-state index contributed by atoms with van der Waals surface area (Å²) < 4.78 is 43.1. The minimum atomic E-state index is -1.04. The number of oxazole rings is 1. The molecule has 0 aliphatic carbocycles. The Labute approximate surface area is 203 Å². The standard InChI is InChI=1S/C25H17F2N5O4/c26-20-6-3-15(9-21(20)27)24-31-16(12-35-24)13-36-25-19(11-29)22(18(10-28)23(30)32-25)14-1-4-17(5-2-14)34-8-7-33/h1-6,9,12,33H,7-8,13H2,(H2,30,32).